The molecular weight excluding hydrogens is 328 g/mol. The van der Waals surface area contributed by atoms with Gasteiger partial charge < -0.3 is 10.2 Å². The molecular formula is C18H23ClN2OS. The molecule has 2 aliphatic rings. The summed E-state index contributed by atoms with van der Waals surface area (Å²) in [6, 6.07) is 8.39. The van der Waals surface area contributed by atoms with E-state index in [1.165, 1.54) is 15.6 Å². The SMILES string of the molecule is Cl.O=C(Cc1csc2ccccc12)N1CC[C@@H]2CNC[C@@H]2CC1. The predicted molar refractivity (Wildman–Crippen MR) is 98.4 cm³/mol. The van der Waals surface area contributed by atoms with Crippen molar-refractivity contribution in [1.29, 1.82) is 0 Å². The van der Waals surface area contributed by atoms with E-state index < -0.39 is 0 Å². The smallest absolute Gasteiger partial charge is 0.227 e. The summed E-state index contributed by atoms with van der Waals surface area (Å²) in [4.78, 5) is 14.8. The van der Waals surface area contributed by atoms with Crippen molar-refractivity contribution in [2.24, 2.45) is 11.8 Å². The Morgan fingerprint density at radius 3 is 2.61 bits per heavy atom. The molecule has 3 nitrogen and oxygen atoms in total. The number of carbonyl (C=O) groups is 1. The molecule has 2 fully saturated rings. The molecule has 0 spiro atoms. The van der Waals surface area contributed by atoms with Gasteiger partial charge in [0.05, 0.1) is 6.42 Å². The number of rotatable bonds is 2. The molecule has 0 radical (unpaired) electrons. The second-order valence-corrected chi connectivity index (χ2v) is 7.48. The van der Waals surface area contributed by atoms with Crippen molar-refractivity contribution in [3.63, 3.8) is 0 Å². The Morgan fingerprint density at radius 1 is 1.17 bits per heavy atom. The number of nitrogens with one attached hydrogen (secondary N) is 1. The van der Waals surface area contributed by atoms with Crippen LogP contribution in [-0.4, -0.2) is 37.0 Å². The van der Waals surface area contributed by atoms with Gasteiger partial charge in [-0.3, -0.25) is 4.79 Å². The van der Waals surface area contributed by atoms with Crippen LogP contribution < -0.4 is 5.32 Å². The molecule has 1 N–H and O–H groups in total. The summed E-state index contributed by atoms with van der Waals surface area (Å²) in [7, 11) is 0. The van der Waals surface area contributed by atoms with Crippen molar-refractivity contribution < 1.29 is 4.79 Å². The van der Waals surface area contributed by atoms with E-state index in [4.69, 9.17) is 0 Å². The van der Waals surface area contributed by atoms with Crippen LogP contribution in [0, 0.1) is 11.8 Å². The molecule has 0 aliphatic carbocycles. The van der Waals surface area contributed by atoms with Gasteiger partial charge in [0, 0.05) is 17.8 Å². The number of halogens is 1. The lowest BCUT2D eigenvalue weighted by Crippen LogP contribution is -2.33. The average Bonchev–Trinajstić information content (AvgIpc) is 3.10. The van der Waals surface area contributed by atoms with Crippen LogP contribution in [0.15, 0.2) is 29.6 Å². The van der Waals surface area contributed by atoms with E-state index in [0.29, 0.717) is 12.3 Å². The highest BCUT2D eigenvalue weighted by Crippen LogP contribution is 2.29. The number of carbonyl (C=O) groups excluding carboxylic acids is 1. The Morgan fingerprint density at radius 2 is 1.87 bits per heavy atom. The summed E-state index contributed by atoms with van der Waals surface area (Å²) >= 11 is 1.74. The van der Waals surface area contributed by atoms with Gasteiger partial charge in [-0.2, -0.15) is 0 Å². The molecule has 0 unspecified atom stereocenters. The van der Waals surface area contributed by atoms with Gasteiger partial charge in [-0.1, -0.05) is 18.2 Å². The fourth-order valence-electron chi connectivity index (χ4n) is 3.91. The summed E-state index contributed by atoms with van der Waals surface area (Å²) in [6.07, 6.45) is 2.87. The van der Waals surface area contributed by atoms with E-state index >= 15 is 0 Å². The quantitative estimate of drug-likeness (QED) is 0.901. The third-order valence-electron chi connectivity index (χ3n) is 5.27. The Hall–Kier alpha value is -1.10. The Balaban J connectivity index is 0.00000156. The van der Waals surface area contributed by atoms with Gasteiger partial charge in [0.1, 0.15) is 0 Å². The van der Waals surface area contributed by atoms with Crippen molar-refractivity contribution in [2.75, 3.05) is 26.2 Å². The molecule has 0 saturated carbocycles. The summed E-state index contributed by atoms with van der Waals surface area (Å²) < 4.78 is 1.28. The number of benzene rings is 1. The lowest BCUT2D eigenvalue weighted by Gasteiger charge is -2.20. The topological polar surface area (TPSA) is 32.3 Å². The van der Waals surface area contributed by atoms with Crippen LogP contribution in [-0.2, 0) is 11.2 Å². The van der Waals surface area contributed by atoms with Crippen LogP contribution in [0.1, 0.15) is 18.4 Å². The number of nitrogens with zero attached hydrogens (tertiary/aromatic N) is 1. The zero-order chi connectivity index (χ0) is 14.9. The molecule has 2 atom stereocenters. The number of fused-ring (bicyclic) bond motifs is 2. The van der Waals surface area contributed by atoms with Crippen LogP contribution in [0.4, 0.5) is 0 Å². The fraction of sp³-hybridized carbons (Fsp3) is 0.500. The van der Waals surface area contributed by atoms with Gasteiger partial charge in [0.2, 0.25) is 5.91 Å². The summed E-state index contributed by atoms with van der Waals surface area (Å²) in [5.74, 6) is 1.86. The van der Waals surface area contributed by atoms with E-state index in [2.05, 4.69) is 39.9 Å². The van der Waals surface area contributed by atoms with E-state index in [-0.39, 0.29) is 12.4 Å². The number of hydrogen-bond acceptors (Lipinski definition) is 3. The van der Waals surface area contributed by atoms with Gasteiger partial charge in [-0.05, 0) is 60.2 Å². The Labute approximate surface area is 147 Å². The zero-order valence-electron chi connectivity index (χ0n) is 13.2. The minimum atomic E-state index is 0. The highest BCUT2D eigenvalue weighted by atomic mass is 35.5. The van der Waals surface area contributed by atoms with Crippen molar-refractivity contribution in [3.05, 3.63) is 35.2 Å². The van der Waals surface area contributed by atoms with Crippen LogP contribution in [0.3, 0.4) is 0 Å². The number of amides is 1. The number of thiophene rings is 1. The highest BCUT2D eigenvalue weighted by Gasteiger charge is 2.31. The average molecular weight is 351 g/mol. The maximum Gasteiger partial charge on any atom is 0.227 e. The molecule has 1 amide bonds. The van der Waals surface area contributed by atoms with E-state index in [1.807, 2.05) is 0 Å². The number of likely N-dealkylation sites (tertiary alicyclic amines) is 1. The van der Waals surface area contributed by atoms with Gasteiger partial charge >= 0.3 is 0 Å². The second-order valence-electron chi connectivity index (χ2n) is 6.57. The Kier molecular flexibility index (Phi) is 5.24. The monoisotopic (exact) mass is 350 g/mol. The predicted octanol–water partition coefficient (Wildman–Crippen LogP) is 3.32. The first-order valence-corrected chi connectivity index (χ1v) is 9.13. The largest absolute Gasteiger partial charge is 0.342 e. The van der Waals surface area contributed by atoms with E-state index in [9.17, 15) is 4.79 Å². The van der Waals surface area contributed by atoms with Crippen LogP contribution >= 0.6 is 23.7 Å². The van der Waals surface area contributed by atoms with Crippen LogP contribution in [0.25, 0.3) is 10.1 Å². The van der Waals surface area contributed by atoms with Gasteiger partial charge in [-0.25, -0.2) is 0 Å². The van der Waals surface area contributed by atoms with Crippen LogP contribution in [0.5, 0.6) is 0 Å². The molecule has 0 bridgehead atoms. The minimum absolute atomic E-state index is 0. The fourth-order valence-corrected chi connectivity index (χ4v) is 4.87. The van der Waals surface area contributed by atoms with Crippen molar-refractivity contribution in [1.82, 2.24) is 10.2 Å². The van der Waals surface area contributed by atoms with E-state index in [1.54, 1.807) is 11.3 Å². The normalized spacial score (nSPS) is 24.1. The molecule has 3 heterocycles. The molecule has 23 heavy (non-hydrogen) atoms. The third-order valence-corrected chi connectivity index (χ3v) is 6.29. The zero-order valence-corrected chi connectivity index (χ0v) is 14.8. The van der Waals surface area contributed by atoms with Crippen LogP contribution in [0.2, 0.25) is 0 Å². The van der Waals surface area contributed by atoms with Crippen molar-refractivity contribution in [3.8, 4) is 0 Å². The van der Waals surface area contributed by atoms with Crippen molar-refractivity contribution >= 4 is 39.7 Å². The summed E-state index contributed by atoms with van der Waals surface area (Å²) in [5, 5.41) is 6.89. The minimum Gasteiger partial charge on any atom is -0.342 e. The third kappa shape index (κ3) is 3.39. The molecule has 2 aliphatic heterocycles. The molecule has 124 valence electrons. The first-order chi connectivity index (χ1) is 10.8. The summed E-state index contributed by atoms with van der Waals surface area (Å²) in [5.41, 5.74) is 1.19. The lowest BCUT2D eigenvalue weighted by atomic mass is 9.92. The molecule has 2 saturated heterocycles. The molecule has 1 aromatic carbocycles. The lowest BCUT2D eigenvalue weighted by molar-refractivity contribution is -0.130. The maximum atomic E-state index is 12.7. The van der Waals surface area contributed by atoms with Gasteiger partial charge in [-0.15, -0.1) is 23.7 Å². The van der Waals surface area contributed by atoms with Crippen molar-refractivity contribution in [2.45, 2.75) is 19.3 Å². The first kappa shape index (κ1) is 16.7. The molecule has 5 heteroatoms. The summed E-state index contributed by atoms with van der Waals surface area (Å²) in [6.45, 7) is 4.15. The molecule has 2 aromatic rings. The van der Waals surface area contributed by atoms with E-state index in [0.717, 1.165) is 50.9 Å². The number of hydrogen-bond donors (Lipinski definition) is 1. The first-order valence-electron chi connectivity index (χ1n) is 8.25. The molecule has 1 aromatic heterocycles. The van der Waals surface area contributed by atoms with Gasteiger partial charge in [0.15, 0.2) is 0 Å². The highest BCUT2D eigenvalue weighted by molar-refractivity contribution is 7.17. The standard InChI is InChI=1S/C18H22N2OS.ClH/c21-18(9-15-12-22-17-4-2-1-3-16(15)17)20-7-5-13-10-19-11-14(13)6-8-20;/h1-4,12-14,19H,5-11H2;1H/t13-,14+;. The maximum absolute atomic E-state index is 12.7. The molecule has 4 rings (SSSR count). The Bertz CT molecular complexity index is 672. The second kappa shape index (κ2) is 7.20. The van der Waals surface area contributed by atoms with Gasteiger partial charge in [0.25, 0.3) is 0 Å².